The predicted octanol–water partition coefficient (Wildman–Crippen LogP) is 2.41. The molecule has 1 heterocycles. The molecule has 0 aliphatic heterocycles. The molecule has 0 aliphatic carbocycles. The van der Waals surface area contributed by atoms with Gasteiger partial charge in [-0.15, -0.1) is 5.10 Å². The molecule has 2 unspecified atom stereocenters. The topological polar surface area (TPSA) is 475 Å². The van der Waals surface area contributed by atoms with E-state index in [9.17, 15) is 83.4 Å². The highest BCUT2D eigenvalue weighted by atomic mass is 19.1. The average Bonchev–Trinajstić information content (AvgIpc) is 3.82. The van der Waals surface area contributed by atoms with Crippen LogP contribution in [-0.2, 0) is 46.7 Å². The second kappa shape index (κ2) is 32.2. The molecule has 12 N–H and O–H groups in total. The first-order chi connectivity index (χ1) is 36.6. The Balaban J connectivity index is 1.65. The Morgan fingerprint density at radius 3 is 1.38 bits per heavy atom. The van der Waals surface area contributed by atoms with Gasteiger partial charge in [-0.25, -0.2) is 37.8 Å². The van der Waals surface area contributed by atoms with Crippen LogP contribution in [0.5, 0.6) is 11.5 Å². The number of rotatable bonds is 39. The van der Waals surface area contributed by atoms with Crippen LogP contribution < -0.4 is 41.4 Å². The summed E-state index contributed by atoms with van der Waals surface area (Å²) >= 11 is 0. The van der Waals surface area contributed by atoms with Gasteiger partial charge in [-0.3, -0.25) is 29.8 Å². The summed E-state index contributed by atoms with van der Waals surface area (Å²) in [5.41, 5.74) is -0.386. The van der Waals surface area contributed by atoms with E-state index in [2.05, 4.69) is 31.6 Å². The second-order valence-electron chi connectivity index (χ2n) is 16.6. The van der Waals surface area contributed by atoms with E-state index >= 15 is 0 Å². The van der Waals surface area contributed by atoms with Crippen molar-refractivity contribution >= 4 is 70.6 Å². The first-order valence-corrected chi connectivity index (χ1v) is 23.4. The number of carbonyl (C=O) groups is 8. The number of carbonyl (C=O) groups excluding carboxylic acids is 2. The zero-order valence-electron chi connectivity index (χ0n) is 40.9. The summed E-state index contributed by atoms with van der Waals surface area (Å²) < 4.78 is 32.1. The number of hydrogen-bond acceptors (Lipinski definition) is 19. The molecule has 33 heteroatoms. The lowest BCUT2D eigenvalue weighted by Crippen LogP contribution is -2.51. The third-order valence-corrected chi connectivity index (χ3v) is 10.7. The number of carboxylic acid groups (broad SMARTS) is 6. The Labute approximate surface area is 434 Å². The van der Waals surface area contributed by atoms with Crippen molar-refractivity contribution in [2.24, 2.45) is 0 Å². The molecule has 0 fully saturated rings. The number of nitrogens with one attached hydrogen (secondary N) is 6. The summed E-state index contributed by atoms with van der Waals surface area (Å²) in [4.78, 5) is 115. The number of ether oxygens (including phenoxy) is 3. The van der Waals surface area contributed by atoms with E-state index < -0.39 is 120 Å². The molecular formula is C44H58FN11O21. The van der Waals surface area contributed by atoms with Gasteiger partial charge >= 0.3 is 47.9 Å². The Bertz CT molecular complexity index is 2390. The number of nitro benzene ring substituents is 2. The number of nitrogens with zero attached hydrogens (tertiary/aromatic N) is 5. The lowest BCUT2D eigenvalue weighted by atomic mass is 10.1. The smallest absolute Gasteiger partial charge is 0.326 e. The van der Waals surface area contributed by atoms with E-state index in [-0.39, 0.29) is 112 Å². The van der Waals surface area contributed by atoms with Gasteiger partial charge in [0.1, 0.15) is 78.7 Å². The Hall–Kier alpha value is -9.17. The number of halogens is 1. The van der Waals surface area contributed by atoms with Crippen LogP contribution in [0, 0.1) is 20.2 Å². The van der Waals surface area contributed by atoms with Gasteiger partial charge in [-0.05, 0) is 63.5 Å². The molecule has 77 heavy (non-hydrogen) atoms. The molecule has 0 saturated carbocycles. The van der Waals surface area contributed by atoms with E-state index in [1.54, 1.807) is 0 Å². The summed E-state index contributed by atoms with van der Waals surface area (Å²) in [5, 5.41) is 101. The van der Waals surface area contributed by atoms with Crippen molar-refractivity contribution in [1.82, 2.24) is 36.3 Å². The molecule has 422 valence electrons. The van der Waals surface area contributed by atoms with E-state index in [0.29, 0.717) is 5.69 Å². The largest absolute Gasteiger partial charge is 0.491 e. The van der Waals surface area contributed by atoms with Crippen molar-refractivity contribution in [2.45, 2.75) is 108 Å². The molecule has 3 rings (SSSR count). The van der Waals surface area contributed by atoms with Crippen molar-refractivity contribution in [3.63, 3.8) is 0 Å². The van der Waals surface area contributed by atoms with Crippen LogP contribution in [0.2, 0.25) is 0 Å². The number of aliphatic carboxylic acids is 6. The maximum atomic E-state index is 12.9. The van der Waals surface area contributed by atoms with Gasteiger partial charge in [0.2, 0.25) is 0 Å². The van der Waals surface area contributed by atoms with Crippen LogP contribution in [0.4, 0.5) is 36.7 Å². The Morgan fingerprint density at radius 2 is 1.01 bits per heavy atom. The summed E-state index contributed by atoms with van der Waals surface area (Å²) in [7, 11) is 0. The number of alkyl halides is 1. The maximum Gasteiger partial charge on any atom is 0.326 e. The van der Waals surface area contributed by atoms with Gasteiger partial charge in [0.25, 0.3) is 11.4 Å². The van der Waals surface area contributed by atoms with Gasteiger partial charge in [-0.2, -0.15) is 0 Å². The Morgan fingerprint density at radius 1 is 0.610 bits per heavy atom. The van der Waals surface area contributed by atoms with Gasteiger partial charge in [-0.1, -0.05) is 5.21 Å². The minimum Gasteiger partial charge on any atom is -0.491 e. The molecule has 3 aromatic rings. The van der Waals surface area contributed by atoms with Crippen molar-refractivity contribution in [3.8, 4) is 11.5 Å². The molecule has 0 aliphatic rings. The number of benzene rings is 2. The Kier molecular flexibility index (Phi) is 26.0. The zero-order chi connectivity index (χ0) is 57.0. The molecule has 4 amide bonds. The summed E-state index contributed by atoms with van der Waals surface area (Å²) in [6, 6.07) is -0.858. The van der Waals surface area contributed by atoms with Crippen molar-refractivity contribution in [1.29, 1.82) is 0 Å². The van der Waals surface area contributed by atoms with Crippen LogP contribution in [0.3, 0.4) is 0 Å². The minimum atomic E-state index is -1.60. The monoisotopic (exact) mass is 1100 g/mol. The molecule has 0 radical (unpaired) electrons. The first-order valence-electron chi connectivity index (χ1n) is 23.4. The van der Waals surface area contributed by atoms with Crippen LogP contribution in [-0.4, -0.2) is 167 Å². The number of aromatic nitrogens is 3. The lowest BCUT2D eigenvalue weighted by molar-refractivity contribution is -0.384. The number of anilines is 2. The summed E-state index contributed by atoms with van der Waals surface area (Å²) in [6.07, 6.45) is -1.08. The maximum absolute atomic E-state index is 12.9. The average molecular weight is 1100 g/mol. The fourth-order valence-electron chi connectivity index (χ4n) is 6.81. The van der Waals surface area contributed by atoms with Gasteiger partial charge in [0.15, 0.2) is 0 Å². The van der Waals surface area contributed by atoms with Crippen LogP contribution in [0.25, 0.3) is 0 Å². The van der Waals surface area contributed by atoms with E-state index in [1.807, 2.05) is 10.6 Å². The highest BCUT2D eigenvalue weighted by molar-refractivity contribution is 5.87. The SMILES string of the molecule is O=C(O)CC[C@H](NC(=O)NC(CCCCNc1cc(OCC(COc2ccc([N+](=O)[O-])c(NCCCC[C@H](NC(=O)N[C@@H](CCC(=O)O)C(=O)O)C(=O)O)c2)OCc2cn(CCF)nn2)ccc1[N+](=O)[O-])C(=O)O)C(=O)O. The molecule has 2 aromatic carbocycles. The van der Waals surface area contributed by atoms with E-state index in [4.69, 9.17) is 24.4 Å². The third-order valence-electron chi connectivity index (χ3n) is 10.7. The number of amides is 4. The van der Waals surface area contributed by atoms with Crippen molar-refractivity contribution in [2.75, 3.05) is 43.6 Å². The number of urea groups is 2. The molecular weight excluding hydrogens is 1040 g/mol. The van der Waals surface area contributed by atoms with Crippen LogP contribution in [0.15, 0.2) is 42.6 Å². The van der Waals surface area contributed by atoms with Crippen molar-refractivity contribution in [3.05, 3.63) is 68.5 Å². The molecule has 0 bridgehead atoms. The van der Waals surface area contributed by atoms with E-state index in [1.165, 1.54) is 35.1 Å². The highest BCUT2D eigenvalue weighted by Crippen LogP contribution is 2.31. The van der Waals surface area contributed by atoms with Crippen LogP contribution >= 0.6 is 0 Å². The van der Waals surface area contributed by atoms with Gasteiger partial charge in [0.05, 0.1) is 29.2 Å². The zero-order valence-corrected chi connectivity index (χ0v) is 40.9. The fraction of sp³-hybridized carbons (Fsp3) is 0.500. The molecule has 32 nitrogen and oxygen atoms in total. The summed E-state index contributed by atoms with van der Waals surface area (Å²) in [6.45, 7) is -1.37. The fourth-order valence-corrected chi connectivity index (χ4v) is 6.81. The third kappa shape index (κ3) is 23.3. The number of aryl methyl sites for hydroxylation is 1. The molecule has 1 aromatic heterocycles. The second-order valence-corrected chi connectivity index (χ2v) is 16.6. The van der Waals surface area contributed by atoms with E-state index in [0.717, 1.165) is 12.1 Å². The standard InChI is InChI=1S/C44H58FN11O21/c45-15-18-54-21-25(52-53-54)22-75-28(23-76-26-7-11-35(55(71)72)33(19-26)46-16-3-1-5-29(39(61)62)48-43(69)50-31(41(65)66)9-13-37(57)58)24-77-27-8-12-36(56(73)74)34(20-27)47-17-4-2-6-30(40(63)64)49-44(70)51-32(42(67)68)10-14-38(59)60/h7-8,11-12,19-21,28-32,46-47H,1-6,9-10,13-18,22-24H2,(H,57,58)(H,59,60)(H,61,62)(H,63,64)(H,65,66)(H,67,68)(H2,48,50,69)(H2,49,51,70)/t28?,29-,30?,31-,32-/m0/s1. The van der Waals surface area contributed by atoms with Gasteiger partial charge < -0.3 is 76.8 Å². The molecule has 0 spiro atoms. The van der Waals surface area contributed by atoms with Crippen molar-refractivity contribution < 1.29 is 97.4 Å². The summed E-state index contributed by atoms with van der Waals surface area (Å²) in [5.74, 6) is -8.32. The number of carboxylic acids is 6. The normalized spacial score (nSPS) is 12.8. The molecule has 5 atom stereocenters. The quantitative estimate of drug-likeness (QED) is 0.0222. The predicted molar refractivity (Wildman–Crippen MR) is 259 cm³/mol. The first kappa shape index (κ1) is 62.1. The van der Waals surface area contributed by atoms with Crippen LogP contribution in [0.1, 0.15) is 69.9 Å². The number of hydrogen-bond donors (Lipinski definition) is 12. The minimum absolute atomic E-state index is 0.00753. The lowest BCUT2D eigenvalue weighted by Gasteiger charge is -2.20. The number of nitro groups is 2. The highest BCUT2D eigenvalue weighted by Gasteiger charge is 2.27. The number of unbranched alkanes of at least 4 members (excludes halogenated alkanes) is 2. The van der Waals surface area contributed by atoms with Gasteiger partial charge in [0, 0.05) is 50.2 Å². The molecule has 0 saturated heterocycles.